The Balaban J connectivity index is 1.72. The number of rotatable bonds is 3. The van der Waals surface area contributed by atoms with E-state index in [9.17, 15) is 4.79 Å². The summed E-state index contributed by atoms with van der Waals surface area (Å²) in [7, 11) is 0. The molecule has 24 heavy (non-hydrogen) atoms. The van der Waals surface area contributed by atoms with E-state index in [1.165, 1.54) is 0 Å². The molecular formula is C20H17ClO3. The summed E-state index contributed by atoms with van der Waals surface area (Å²) in [6.07, 6.45) is 3.71. The maximum absolute atomic E-state index is 12.7. The molecule has 0 radical (unpaired) electrons. The van der Waals surface area contributed by atoms with Gasteiger partial charge in [-0.3, -0.25) is 4.79 Å². The van der Waals surface area contributed by atoms with Crippen molar-refractivity contribution in [3.63, 3.8) is 0 Å². The molecule has 0 saturated heterocycles. The molecule has 4 rings (SSSR count). The van der Waals surface area contributed by atoms with E-state index >= 15 is 0 Å². The topological polar surface area (TPSA) is 39.4 Å². The monoisotopic (exact) mass is 340 g/mol. The summed E-state index contributed by atoms with van der Waals surface area (Å²) in [5, 5.41) is 0.967. The highest BCUT2D eigenvalue weighted by Gasteiger charge is 2.19. The Morgan fingerprint density at radius 2 is 1.88 bits per heavy atom. The summed E-state index contributed by atoms with van der Waals surface area (Å²) in [6.45, 7) is 0.418. The molecule has 3 nitrogen and oxygen atoms in total. The molecule has 0 unspecified atom stereocenters. The zero-order chi connectivity index (χ0) is 16.5. The van der Waals surface area contributed by atoms with E-state index in [-0.39, 0.29) is 5.43 Å². The van der Waals surface area contributed by atoms with Crippen molar-refractivity contribution in [1.82, 2.24) is 0 Å². The maximum atomic E-state index is 12.7. The van der Waals surface area contributed by atoms with Gasteiger partial charge in [0.1, 0.15) is 23.7 Å². The molecule has 0 aliphatic heterocycles. The van der Waals surface area contributed by atoms with Crippen LogP contribution in [-0.4, -0.2) is 0 Å². The SMILES string of the molecule is O=c1c2c(oc3cc(OCc4ccccc4)c(Cl)cc13)CCCC2. The zero-order valence-electron chi connectivity index (χ0n) is 13.2. The van der Waals surface area contributed by atoms with Crippen molar-refractivity contribution in [3.8, 4) is 5.75 Å². The number of hydrogen-bond donors (Lipinski definition) is 0. The fourth-order valence-corrected chi connectivity index (χ4v) is 3.39. The molecule has 0 spiro atoms. The molecule has 0 fully saturated rings. The van der Waals surface area contributed by atoms with Crippen LogP contribution in [0.2, 0.25) is 5.02 Å². The van der Waals surface area contributed by atoms with Gasteiger partial charge >= 0.3 is 0 Å². The fraction of sp³-hybridized carbons (Fsp3) is 0.250. The third-order valence-corrected chi connectivity index (χ3v) is 4.74. The highest BCUT2D eigenvalue weighted by atomic mass is 35.5. The molecule has 0 saturated carbocycles. The summed E-state index contributed by atoms with van der Waals surface area (Å²) in [6, 6.07) is 13.3. The normalized spacial score (nSPS) is 13.7. The lowest BCUT2D eigenvalue weighted by atomic mass is 9.96. The van der Waals surface area contributed by atoms with Gasteiger partial charge < -0.3 is 9.15 Å². The van der Waals surface area contributed by atoms with Gasteiger partial charge in [0.05, 0.1) is 10.4 Å². The predicted molar refractivity (Wildman–Crippen MR) is 94.9 cm³/mol. The number of fused-ring (bicyclic) bond motifs is 2. The Bertz CT molecular complexity index is 944. The van der Waals surface area contributed by atoms with E-state index in [1.807, 2.05) is 30.3 Å². The van der Waals surface area contributed by atoms with Crippen LogP contribution < -0.4 is 10.2 Å². The molecule has 122 valence electrons. The summed E-state index contributed by atoms with van der Waals surface area (Å²) >= 11 is 6.32. The minimum atomic E-state index is 0.0439. The van der Waals surface area contributed by atoms with Crippen LogP contribution in [0.4, 0.5) is 0 Å². The first-order chi connectivity index (χ1) is 11.7. The number of hydrogen-bond acceptors (Lipinski definition) is 3. The van der Waals surface area contributed by atoms with Gasteiger partial charge in [-0.05, 0) is 30.9 Å². The van der Waals surface area contributed by atoms with Gasteiger partial charge in [0, 0.05) is 18.1 Å². The molecule has 1 aromatic heterocycles. The largest absolute Gasteiger partial charge is 0.487 e. The van der Waals surface area contributed by atoms with Crippen LogP contribution in [0.5, 0.6) is 5.75 Å². The molecule has 0 N–H and O–H groups in total. The minimum Gasteiger partial charge on any atom is -0.487 e. The van der Waals surface area contributed by atoms with E-state index in [0.29, 0.717) is 28.3 Å². The molecule has 4 heteroatoms. The number of ether oxygens (including phenoxy) is 1. The lowest BCUT2D eigenvalue weighted by Gasteiger charge is -2.15. The predicted octanol–water partition coefficient (Wildman–Crippen LogP) is 4.90. The van der Waals surface area contributed by atoms with Crippen molar-refractivity contribution in [3.05, 3.63) is 74.6 Å². The highest BCUT2D eigenvalue weighted by molar-refractivity contribution is 6.32. The van der Waals surface area contributed by atoms with Gasteiger partial charge in [0.25, 0.3) is 0 Å². The number of benzene rings is 2. The van der Waals surface area contributed by atoms with Crippen molar-refractivity contribution in [2.24, 2.45) is 0 Å². The lowest BCUT2D eigenvalue weighted by molar-refractivity contribution is 0.306. The van der Waals surface area contributed by atoms with Crippen molar-refractivity contribution in [2.75, 3.05) is 0 Å². The first-order valence-corrected chi connectivity index (χ1v) is 8.55. The van der Waals surface area contributed by atoms with Crippen molar-refractivity contribution in [2.45, 2.75) is 32.3 Å². The van der Waals surface area contributed by atoms with Crippen LogP contribution in [-0.2, 0) is 19.4 Å². The van der Waals surface area contributed by atoms with Gasteiger partial charge in [-0.2, -0.15) is 0 Å². The molecular weight excluding hydrogens is 324 g/mol. The Morgan fingerprint density at radius 1 is 1.08 bits per heavy atom. The van der Waals surface area contributed by atoms with Gasteiger partial charge in [0.15, 0.2) is 5.43 Å². The first-order valence-electron chi connectivity index (χ1n) is 8.17. The van der Waals surface area contributed by atoms with Gasteiger partial charge in [0.2, 0.25) is 0 Å². The number of halogens is 1. The Kier molecular flexibility index (Phi) is 4.03. The van der Waals surface area contributed by atoms with Crippen LogP contribution in [0, 0.1) is 0 Å². The second kappa shape index (κ2) is 6.33. The van der Waals surface area contributed by atoms with Gasteiger partial charge in [-0.25, -0.2) is 0 Å². The Labute approximate surface area is 144 Å². The lowest BCUT2D eigenvalue weighted by Crippen LogP contribution is -2.16. The third-order valence-electron chi connectivity index (χ3n) is 4.44. The summed E-state index contributed by atoms with van der Waals surface area (Å²) in [5.41, 5.74) is 2.46. The number of aryl methyl sites for hydroxylation is 1. The minimum absolute atomic E-state index is 0.0439. The van der Waals surface area contributed by atoms with Crippen LogP contribution >= 0.6 is 11.6 Å². The summed E-state index contributed by atoms with van der Waals surface area (Å²) in [5.74, 6) is 1.35. The van der Waals surface area contributed by atoms with Gasteiger partial charge in [-0.15, -0.1) is 0 Å². The maximum Gasteiger partial charge on any atom is 0.196 e. The van der Waals surface area contributed by atoms with E-state index < -0.39 is 0 Å². The first kappa shape index (κ1) is 15.3. The van der Waals surface area contributed by atoms with Crippen LogP contribution in [0.1, 0.15) is 29.7 Å². The molecule has 0 amide bonds. The molecule has 3 aromatic rings. The second-order valence-corrected chi connectivity index (χ2v) is 6.50. The van der Waals surface area contributed by atoms with E-state index in [4.69, 9.17) is 20.8 Å². The summed E-state index contributed by atoms with van der Waals surface area (Å²) in [4.78, 5) is 12.7. The molecule has 2 aromatic carbocycles. The fourth-order valence-electron chi connectivity index (χ4n) is 3.17. The van der Waals surface area contributed by atoms with Crippen LogP contribution in [0.3, 0.4) is 0 Å². The van der Waals surface area contributed by atoms with E-state index in [0.717, 1.165) is 42.6 Å². The van der Waals surface area contributed by atoms with Crippen molar-refractivity contribution in [1.29, 1.82) is 0 Å². The highest BCUT2D eigenvalue weighted by Crippen LogP contribution is 2.32. The van der Waals surface area contributed by atoms with Crippen molar-refractivity contribution < 1.29 is 9.15 Å². The van der Waals surface area contributed by atoms with E-state index in [2.05, 4.69) is 0 Å². The average molecular weight is 341 g/mol. The second-order valence-electron chi connectivity index (χ2n) is 6.09. The van der Waals surface area contributed by atoms with Crippen LogP contribution in [0.25, 0.3) is 11.0 Å². The molecule has 1 aliphatic carbocycles. The molecule has 1 heterocycles. The summed E-state index contributed by atoms with van der Waals surface area (Å²) < 4.78 is 11.8. The third kappa shape index (κ3) is 2.80. The molecule has 0 atom stereocenters. The van der Waals surface area contributed by atoms with E-state index in [1.54, 1.807) is 12.1 Å². The zero-order valence-corrected chi connectivity index (χ0v) is 13.9. The molecule has 0 bridgehead atoms. The Morgan fingerprint density at radius 3 is 2.71 bits per heavy atom. The quantitative estimate of drug-likeness (QED) is 0.680. The Hall–Kier alpha value is -2.26. The smallest absolute Gasteiger partial charge is 0.196 e. The standard InChI is InChI=1S/C20H17ClO3/c21-16-10-15-18(24-17-9-5-4-8-14(17)20(15)22)11-19(16)23-12-13-6-2-1-3-7-13/h1-3,6-7,10-11H,4-5,8-9,12H2. The average Bonchev–Trinajstić information content (AvgIpc) is 2.62. The molecule has 1 aliphatic rings. The van der Waals surface area contributed by atoms with Crippen LogP contribution in [0.15, 0.2) is 51.7 Å². The van der Waals surface area contributed by atoms with Gasteiger partial charge in [-0.1, -0.05) is 41.9 Å². The van der Waals surface area contributed by atoms with Crippen molar-refractivity contribution >= 4 is 22.6 Å².